The maximum atomic E-state index is 12.4. The molecular formula is C13H9ClF3N3O. The van der Waals surface area contributed by atoms with E-state index in [1.165, 1.54) is 12.1 Å². The van der Waals surface area contributed by atoms with Gasteiger partial charge in [0.15, 0.2) is 0 Å². The van der Waals surface area contributed by atoms with Gasteiger partial charge in [-0.15, -0.1) is 0 Å². The van der Waals surface area contributed by atoms with Crippen molar-refractivity contribution in [2.24, 2.45) is 0 Å². The van der Waals surface area contributed by atoms with Gasteiger partial charge in [0.25, 0.3) is 5.91 Å². The number of amides is 1. The van der Waals surface area contributed by atoms with Crippen LogP contribution in [0.2, 0.25) is 5.02 Å². The molecule has 0 aliphatic rings. The molecule has 0 aliphatic carbocycles. The number of hydrogen-bond acceptors (Lipinski definition) is 3. The molecule has 0 radical (unpaired) electrons. The molecule has 3 N–H and O–H groups in total. The SMILES string of the molecule is Nc1c(Cl)cccc1C(=O)Nc1ccc(C(F)(F)F)nc1. The lowest BCUT2D eigenvalue weighted by molar-refractivity contribution is -0.141. The summed E-state index contributed by atoms with van der Waals surface area (Å²) in [6, 6.07) is 6.39. The quantitative estimate of drug-likeness (QED) is 0.832. The summed E-state index contributed by atoms with van der Waals surface area (Å²) in [5.41, 5.74) is 4.96. The number of nitrogens with zero attached hydrogens (tertiary/aromatic N) is 1. The summed E-state index contributed by atoms with van der Waals surface area (Å²) in [5, 5.41) is 2.61. The number of alkyl halides is 3. The first-order valence-corrected chi connectivity index (χ1v) is 6.05. The standard InChI is InChI=1S/C13H9ClF3N3O/c14-9-3-1-2-8(11(9)18)12(21)20-7-4-5-10(19-6-7)13(15,16)17/h1-6H,18H2,(H,20,21). The monoisotopic (exact) mass is 315 g/mol. The van der Waals surface area contributed by atoms with E-state index in [9.17, 15) is 18.0 Å². The summed E-state index contributed by atoms with van der Waals surface area (Å²) in [5.74, 6) is -0.587. The molecule has 1 amide bonds. The van der Waals surface area contributed by atoms with E-state index >= 15 is 0 Å². The number of carbonyl (C=O) groups excluding carboxylic acids is 1. The highest BCUT2D eigenvalue weighted by Crippen LogP contribution is 2.28. The Hall–Kier alpha value is -2.28. The van der Waals surface area contributed by atoms with Crippen LogP contribution in [0.15, 0.2) is 36.5 Å². The number of anilines is 2. The van der Waals surface area contributed by atoms with Crippen molar-refractivity contribution in [2.45, 2.75) is 6.18 Å². The van der Waals surface area contributed by atoms with Gasteiger partial charge in [0.2, 0.25) is 0 Å². The van der Waals surface area contributed by atoms with Crippen LogP contribution in [0.5, 0.6) is 0 Å². The van der Waals surface area contributed by atoms with Crippen LogP contribution in [0.4, 0.5) is 24.5 Å². The minimum absolute atomic E-state index is 0.0940. The lowest BCUT2D eigenvalue weighted by atomic mass is 10.1. The number of pyridine rings is 1. The predicted molar refractivity (Wildman–Crippen MR) is 73.1 cm³/mol. The molecule has 0 saturated heterocycles. The minimum Gasteiger partial charge on any atom is -0.397 e. The Morgan fingerprint density at radius 1 is 1.24 bits per heavy atom. The van der Waals surface area contributed by atoms with Gasteiger partial charge in [-0.25, -0.2) is 4.98 Å². The van der Waals surface area contributed by atoms with Crippen molar-refractivity contribution in [2.75, 3.05) is 11.1 Å². The molecule has 2 aromatic rings. The molecule has 0 aliphatic heterocycles. The van der Waals surface area contributed by atoms with Crippen molar-refractivity contribution in [3.8, 4) is 0 Å². The third-order valence-corrected chi connectivity index (χ3v) is 2.94. The Morgan fingerprint density at radius 2 is 1.95 bits per heavy atom. The minimum atomic E-state index is -4.53. The van der Waals surface area contributed by atoms with E-state index in [1.54, 1.807) is 6.07 Å². The summed E-state index contributed by atoms with van der Waals surface area (Å²) >= 11 is 5.79. The average Bonchev–Trinajstić information content (AvgIpc) is 2.41. The van der Waals surface area contributed by atoms with Crippen LogP contribution in [0.1, 0.15) is 16.1 Å². The topological polar surface area (TPSA) is 68.0 Å². The van der Waals surface area contributed by atoms with E-state index in [1.807, 2.05) is 0 Å². The van der Waals surface area contributed by atoms with Gasteiger partial charge < -0.3 is 11.1 Å². The van der Waals surface area contributed by atoms with Gasteiger partial charge in [-0.3, -0.25) is 4.79 Å². The molecule has 0 fully saturated rings. The molecular weight excluding hydrogens is 307 g/mol. The van der Waals surface area contributed by atoms with Gasteiger partial charge in [0.1, 0.15) is 5.69 Å². The first-order chi connectivity index (χ1) is 9.79. The van der Waals surface area contributed by atoms with E-state index < -0.39 is 17.8 Å². The first kappa shape index (κ1) is 15.1. The Balaban J connectivity index is 2.18. The summed E-state index contributed by atoms with van der Waals surface area (Å²) in [6.07, 6.45) is -3.61. The number of nitrogens with one attached hydrogen (secondary N) is 1. The molecule has 4 nitrogen and oxygen atoms in total. The van der Waals surface area contributed by atoms with Crippen molar-refractivity contribution < 1.29 is 18.0 Å². The number of nitrogen functional groups attached to an aromatic ring is 1. The molecule has 0 atom stereocenters. The second-order valence-electron chi connectivity index (χ2n) is 4.09. The lowest BCUT2D eigenvalue weighted by Gasteiger charge is -2.09. The fraction of sp³-hybridized carbons (Fsp3) is 0.0769. The molecule has 8 heteroatoms. The Labute approximate surface area is 122 Å². The fourth-order valence-electron chi connectivity index (χ4n) is 1.57. The fourth-order valence-corrected chi connectivity index (χ4v) is 1.74. The van der Waals surface area contributed by atoms with Crippen molar-refractivity contribution in [3.63, 3.8) is 0 Å². The highest BCUT2D eigenvalue weighted by Gasteiger charge is 2.32. The van der Waals surface area contributed by atoms with Crippen LogP contribution >= 0.6 is 11.6 Å². The van der Waals surface area contributed by atoms with E-state index in [0.717, 1.165) is 18.3 Å². The van der Waals surface area contributed by atoms with Gasteiger partial charge in [-0.2, -0.15) is 13.2 Å². The summed E-state index contributed by atoms with van der Waals surface area (Å²) in [4.78, 5) is 15.2. The molecule has 1 heterocycles. The predicted octanol–water partition coefficient (Wildman–Crippen LogP) is 3.59. The molecule has 0 bridgehead atoms. The van der Waals surface area contributed by atoms with E-state index in [-0.39, 0.29) is 22.0 Å². The number of carbonyl (C=O) groups is 1. The molecule has 0 spiro atoms. The van der Waals surface area contributed by atoms with Gasteiger partial charge in [-0.1, -0.05) is 17.7 Å². The lowest BCUT2D eigenvalue weighted by Crippen LogP contribution is -2.15. The Morgan fingerprint density at radius 3 is 2.52 bits per heavy atom. The average molecular weight is 316 g/mol. The molecule has 0 saturated carbocycles. The Kier molecular flexibility index (Phi) is 4.04. The van der Waals surface area contributed by atoms with Crippen LogP contribution in [-0.4, -0.2) is 10.9 Å². The van der Waals surface area contributed by atoms with Gasteiger partial charge in [-0.05, 0) is 24.3 Å². The van der Waals surface area contributed by atoms with E-state index in [4.69, 9.17) is 17.3 Å². The number of rotatable bonds is 2. The van der Waals surface area contributed by atoms with Crippen LogP contribution in [0.25, 0.3) is 0 Å². The first-order valence-electron chi connectivity index (χ1n) is 5.67. The zero-order valence-corrected chi connectivity index (χ0v) is 11.2. The van der Waals surface area contributed by atoms with E-state index in [0.29, 0.717) is 0 Å². The largest absolute Gasteiger partial charge is 0.433 e. The summed E-state index contributed by atoms with van der Waals surface area (Å²) in [6.45, 7) is 0. The number of benzene rings is 1. The Bertz CT molecular complexity index is 671. The van der Waals surface area contributed by atoms with Crippen LogP contribution in [-0.2, 0) is 6.18 Å². The zero-order valence-electron chi connectivity index (χ0n) is 10.4. The third kappa shape index (κ3) is 3.43. The molecule has 1 aromatic carbocycles. The number of para-hydroxylation sites is 1. The maximum absolute atomic E-state index is 12.4. The van der Waals surface area contributed by atoms with Crippen molar-refractivity contribution >= 4 is 28.9 Å². The molecule has 1 aromatic heterocycles. The summed E-state index contributed by atoms with van der Waals surface area (Å²) in [7, 11) is 0. The summed E-state index contributed by atoms with van der Waals surface area (Å²) < 4.78 is 37.1. The molecule has 2 rings (SSSR count). The smallest absolute Gasteiger partial charge is 0.397 e. The number of aromatic nitrogens is 1. The second kappa shape index (κ2) is 5.61. The van der Waals surface area contributed by atoms with E-state index in [2.05, 4.69) is 10.3 Å². The number of halogens is 4. The molecule has 21 heavy (non-hydrogen) atoms. The van der Waals surface area contributed by atoms with Gasteiger partial charge in [0, 0.05) is 0 Å². The highest BCUT2D eigenvalue weighted by molar-refractivity contribution is 6.34. The highest BCUT2D eigenvalue weighted by atomic mass is 35.5. The van der Waals surface area contributed by atoms with Crippen LogP contribution < -0.4 is 11.1 Å². The van der Waals surface area contributed by atoms with Gasteiger partial charge in [0.05, 0.1) is 28.2 Å². The van der Waals surface area contributed by atoms with Crippen molar-refractivity contribution in [3.05, 3.63) is 52.8 Å². The molecule has 110 valence electrons. The third-order valence-electron chi connectivity index (χ3n) is 2.61. The number of hydrogen-bond donors (Lipinski definition) is 2. The second-order valence-corrected chi connectivity index (χ2v) is 4.49. The van der Waals surface area contributed by atoms with Crippen molar-refractivity contribution in [1.29, 1.82) is 0 Å². The van der Waals surface area contributed by atoms with Gasteiger partial charge >= 0.3 is 6.18 Å². The normalized spacial score (nSPS) is 11.2. The van der Waals surface area contributed by atoms with Crippen LogP contribution in [0.3, 0.4) is 0 Å². The van der Waals surface area contributed by atoms with Crippen LogP contribution in [0, 0.1) is 0 Å². The zero-order chi connectivity index (χ0) is 15.6. The number of nitrogens with two attached hydrogens (primary N) is 1. The maximum Gasteiger partial charge on any atom is 0.433 e. The molecule has 0 unspecified atom stereocenters. The van der Waals surface area contributed by atoms with Crippen molar-refractivity contribution in [1.82, 2.24) is 4.98 Å².